The van der Waals surface area contributed by atoms with Gasteiger partial charge in [0.05, 0.1) is 17.1 Å². The Morgan fingerprint density at radius 3 is 2.10 bits per heavy atom. The fourth-order valence-corrected chi connectivity index (χ4v) is 3.89. The summed E-state index contributed by atoms with van der Waals surface area (Å²) in [6.45, 7) is 0. The van der Waals surface area contributed by atoms with Crippen LogP contribution < -0.4 is 9.80 Å². The zero-order chi connectivity index (χ0) is 21.5. The molecule has 154 valence electrons. The molecule has 0 radical (unpaired) electrons. The van der Waals surface area contributed by atoms with Crippen LogP contribution in [0.1, 0.15) is 0 Å². The quantitative estimate of drug-likeness (QED) is 0.373. The molecule has 5 rings (SSSR count). The van der Waals surface area contributed by atoms with Crippen LogP contribution in [0, 0.1) is 0 Å². The number of anilines is 2. The molecule has 3 aromatic carbocycles. The van der Waals surface area contributed by atoms with Gasteiger partial charge < -0.3 is 9.80 Å². The van der Waals surface area contributed by atoms with Gasteiger partial charge in [0.15, 0.2) is 0 Å². The highest BCUT2D eigenvalue weighted by Crippen LogP contribution is 2.52. The fraction of sp³-hybridized carbons (Fsp3) is 0.160. The third-order valence-corrected chi connectivity index (χ3v) is 5.61. The summed E-state index contributed by atoms with van der Waals surface area (Å²) in [5, 5.41) is 16.5. The van der Waals surface area contributed by atoms with Crippen LogP contribution >= 0.6 is 0 Å². The summed E-state index contributed by atoms with van der Waals surface area (Å²) < 4.78 is 0. The van der Waals surface area contributed by atoms with Crippen LogP contribution in [0.2, 0.25) is 0 Å². The summed E-state index contributed by atoms with van der Waals surface area (Å²) in [5.41, 5.74) is 10.3. The number of nitrogens with zero attached hydrogens (tertiary/aromatic N) is 5. The zero-order valence-electron chi connectivity index (χ0n) is 18.1. The smallest absolute Gasteiger partial charge is 0.137 e. The average molecular weight is 409 g/mol. The molecule has 0 aliphatic carbocycles. The molecule has 1 aromatic heterocycles. The summed E-state index contributed by atoms with van der Waals surface area (Å²) in [6.07, 6.45) is 0. The van der Waals surface area contributed by atoms with Gasteiger partial charge in [-0.25, -0.2) is 0 Å². The van der Waals surface area contributed by atoms with Crippen molar-refractivity contribution in [2.75, 3.05) is 38.0 Å². The van der Waals surface area contributed by atoms with E-state index in [1.807, 2.05) is 32.3 Å². The number of hydrogen-bond donors (Lipinski definition) is 1. The summed E-state index contributed by atoms with van der Waals surface area (Å²) in [6, 6.07) is 23.0. The summed E-state index contributed by atoms with van der Waals surface area (Å²) in [7, 11) is 8.15. The Balaban J connectivity index is 1.66. The second-order valence-electron chi connectivity index (χ2n) is 8.08. The zero-order valence-corrected chi connectivity index (χ0v) is 18.1. The number of rotatable bonds is 5. The van der Waals surface area contributed by atoms with Crippen LogP contribution in [0.25, 0.3) is 33.6 Å². The molecular weight excluding hydrogens is 384 g/mol. The molecule has 6 heteroatoms. The number of azo groups is 1. The molecule has 1 aliphatic rings. The molecule has 0 saturated carbocycles. The Morgan fingerprint density at radius 1 is 0.677 bits per heavy atom. The molecule has 2 heterocycles. The van der Waals surface area contributed by atoms with Crippen LogP contribution in [0.15, 0.2) is 77.0 Å². The standard InChI is InChI=1S/C25H24N6/c1-30(2)17-10-11-18(22-15-21(26-27-22)16-8-6-5-7-9-16)20(14-17)19-12-13-23(31(3)4)25-24(19)28-29-25/h5-15H,1-4H3,(H,26,27). The lowest BCUT2D eigenvalue weighted by atomic mass is 9.93. The van der Waals surface area contributed by atoms with Gasteiger partial charge in [0, 0.05) is 50.6 Å². The Labute approximate surface area is 181 Å². The molecule has 0 unspecified atom stereocenters. The molecule has 0 fully saturated rings. The number of hydrogen-bond acceptors (Lipinski definition) is 5. The molecule has 0 amide bonds. The van der Waals surface area contributed by atoms with Gasteiger partial charge >= 0.3 is 0 Å². The highest BCUT2D eigenvalue weighted by molar-refractivity contribution is 5.98. The lowest BCUT2D eigenvalue weighted by Crippen LogP contribution is -2.10. The molecule has 1 N–H and O–H groups in total. The van der Waals surface area contributed by atoms with Crippen molar-refractivity contribution in [2.45, 2.75) is 0 Å². The van der Waals surface area contributed by atoms with Gasteiger partial charge in [0.25, 0.3) is 0 Å². The van der Waals surface area contributed by atoms with Crippen molar-refractivity contribution >= 4 is 22.7 Å². The third-order valence-electron chi connectivity index (χ3n) is 5.61. The van der Waals surface area contributed by atoms with Crippen molar-refractivity contribution in [2.24, 2.45) is 10.2 Å². The highest BCUT2D eigenvalue weighted by Gasteiger charge is 2.24. The SMILES string of the molecule is CN(C)c1ccc(-c2cc(-c3ccccc3)n[nH]2)c(-c2ccc(N(C)C)c3c2N=N3)c1. The molecule has 31 heavy (non-hydrogen) atoms. The van der Waals surface area contributed by atoms with E-state index in [4.69, 9.17) is 0 Å². The van der Waals surface area contributed by atoms with Crippen LogP contribution in [-0.4, -0.2) is 38.4 Å². The van der Waals surface area contributed by atoms with Crippen LogP contribution in [0.4, 0.5) is 22.7 Å². The predicted molar refractivity (Wildman–Crippen MR) is 128 cm³/mol. The second kappa shape index (κ2) is 7.40. The topological polar surface area (TPSA) is 59.9 Å². The number of aromatic amines is 1. The minimum atomic E-state index is 0.925. The summed E-state index contributed by atoms with van der Waals surface area (Å²) in [5.74, 6) is 0. The lowest BCUT2D eigenvalue weighted by molar-refractivity contribution is 1.07. The van der Waals surface area contributed by atoms with Gasteiger partial charge in [-0.15, -0.1) is 10.2 Å². The van der Waals surface area contributed by atoms with Crippen molar-refractivity contribution in [3.8, 4) is 33.6 Å². The van der Waals surface area contributed by atoms with Gasteiger partial charge in [0.2, 0.25) is 0 Å². The van der Waals surface area contributed by atoms with Gasteiger partial charge in [-0.2, -0.15) is 5.10 Å². The van der Waals surface area contributed by atoms with Crippen molar-refractivity contribution in [3.05, 3.63) is 66.7 Å². The normalized spacial score (nSPS) is 11.7. The van der Waals surface area contributed by atoms with Gasteiger partial charge in [0.1, 0.15) is 11.4 Å². The Morgan fingerprint density at radius 2 is 1.42 bits per heavy atom. The fourth-order valence-electron chi connectivity index (χ4n) is 3.89. The monoisotopic (exact) mass is 408 g/mol. The average Bonchev–Trinajstić information content (AvgIpc) is 3.24. The lowest BCUT2D eigenvalue weighted by Gasteiger charge is -2.23. The third kappa shape index (κ3) is 3.26. The first-order chi connectivity index (χ1) is 15.0. The molecule has 1 aliphatic heterocycles. The van der Waals surface area contributed by atoms with E-state index in [0.29, 0.717) is 0 Å². The highest BCUT2D eigenvalue weighted by atomic mass is 15.2. The van der Waals surface area contributed by atoms with E-state index in [1.54, 1.807) is 0 Å². The first kappa shape index (κ1) is 19.1. The van der Waals surface area contributed by atoms with E-state index in [9.17, 15) is 0 Å². The number of fused-ring (bicyclic) bond motifs is 1. The predicted octanol–water partition coefficient (Wildman–Crippen LogP) is 6.27. The van der Waals surface area contributed by atoms with Crippen LogP contribution in [-0.2, 0) is 0 Å². The molecule has 6 nitrogen and oxygen atoms in total. The number of aromatic nitrogens is 2. The number of benzene rings is 3. The van der Waals surface area contributed by atoms with Gasteiger partial charge in [-0.3, -0.25) is 5.10 Å². The van der Waals surface area contributed by atoms with Crippen molar-refractivity contribution < 1.29 is 0 Å². The van der Waals surface area contributed by atoms with Gasteiger partial charge in [-0.05, 0) is 35.9 Å². The second-order valence-corrected chi connectivity index (χ2v) is 8.08. The van der Waals surface area contributed by atoms with Crippen molar-refractivity contribution in [1.29, 1.82) is 0 Å². The van der Waals surface area contributed by atoms with E-state index in [0.717, 1.165) is 56.4 Å². The van der Waals surface area contributed by atoms with E-state index < -0.39 is 0 Å². The Bertz CT molecular complexity index is 1280. The first-order valence-corrected chi connectivity index (χ1v) is 10.2. The summed E-state index contributed by atoms with van der Waals surface area (Å²) >= 11 is 0. The Kier molecular flexibility index (Phi) is 4.55. The largest absolute Gasteiger partial charge is 0.378 e. The minimum absolute atomic E-state index is 0.925. The molecule has 0 bridgehead atoms. The molecule has 0 spiro atoms. The van der Waals surface area contributed by atoms with E-state index >= 15 is 0 Å². The summed E-state index contributed by atoms with van der Waals surface area (Å²) in [4.78, 5) is 4.18. The van der Waals surface area contributed by atoms with Gasteiger partial charge in [-0.1, -0.05) is 36.4 Å². The maximum Gasteiger partial charge on any atom is 0.137 e. The minimum Gasteiger partial charge on any atom is -0.378 e. The maximum atomic E-state index is 4.56. The van der Waals surface area contributed by atoms with E-state index in [1.165, 1.54) is 0 Å². The van der Waals surface area contributed by atoms with Crippen molar-refractivity contribution in [1.82, 2.24) is 10.2 Å². The van der Waals surface area contributed by atoms with Crippen LogP contribution in [0.3, 0.4) is 0 Å². The number of H-pyrrole nitrogens is 1. The molecule has 4 aromatic rings. The van der Waals surface area contributed by atoms with E-state index in [2.05, 4.69) is 92.9 Å². The first-order valence-electron chi connectivity index (χ1n) is 10.2. The van der Waals surface area contributed by atoms with E-state index in [-0.39, 0.29) is 0 Å². The Hall–Kier alpha value is -3.93. The van der Waals surface area contributed by atoms with Crippen LogP contribution in [0.5, 0.6) is 0 Å². The molecular formula is C25H24N6. The molecule has 0 atom stereocenters. The maximum absolute atomic E-state index is 4.56. The number of nitrogens with one attached hydrogen (secondary N) is 1. The molecule has 0 saturated heterocycles. The van der Waals surface area contributed by atoms with Crippen molar-refractivity contribution in [3.63, 3.8) is 0 Å².